The third-order valence-corrected chi connectivity index (χ3v) is 5.55. The molecule has 2 aliphatic rings. The lowest BCUT2D eigenvalue weighted by Crippen LogP contribution is -2.30. The molecule has 0 aromatic heterocycles. The molecule has 0 amide bonds. The van der Waals surface area contributed by atoms with Crippen molar-refractivity contribution in [2.45, 2.75) is 32.2 Å². The van der Waals surface area contributed by atoms with Crippen LogP contribution in [0.15, 0.2) is 0 Å². The van der Waals surface area contributed by atoms with Crippen LogP contribution in [0.3, 0.4) is 0 Å². The first-order valence-corrected chi connectivity index (χ1v) is 8.58. The number of sulfone groups is 1. The summed E-state index contributed by atoms with van der Waals surface area (Å²) in [7, 11) is -2.80. The largest absolute Gasteiger partial charge is 0.315 e. The molecule has 0 radical (unpaired) electrons. The van der Waals surface area contributed by atoms with E-state index in [1.54, 1.807) is 6.92 Å². The summed E-state index contributed by atoms with van der Waals surface area (Å²) in [6.07, 6.45) is 4.04. The molecule has 1 heterocycles. The van der Waals surface area contributed by atoms with E-state index in [0.717, 1.165) is 18.5 Å². The lowest BCUT2D eigenvalue weighted by molar-refractivity contribution is 0.312. The predicted octanol–water partition coefficient (Wildman–Crippen LogP) is 0.495. The zero-order valence-corrected chi connectivity index (χ0v) is 11.5. The van der Waals surface area contributed by atoms with E-state index in [1.807, 2.05) is 0 Å². The second kappa shape index (κ2) is 5.67. The van der Waals surface area contributed by atoms with Crippen LogP contribution in [-0.4, -0.2) is 57.0 Å². The van der Waals surface area contributed by atoms with Crippen molar-refractivity contribution >= 4 is 9.84 Å². The van der Waals surface area contributed by atoms with Crippen molar-refractivity contribution in [3.05, 3.63) is 0 Å². The minimum Gasteiger partial charge on any atom is -0.315 e. The van der Waals surface area contributed by atoms with E-state index < -0.39 is 9.84 Å². The van der Waals surface area contributed by atoms with Crippen molar-refractivity contribution in [3.63, 3.8) is 0 Å². The first-order valence-electron chi connectivity index (χ1n) is 6.76. The minimum absolute atomic E-state index is 0.258. The summed E-state index contributed by atoms with van der Waals surface area (Å²) < 4.78 is 22.6. The number of rotatable bonds is 7. The quantitative estimate of drug-likeness (QED) is 0.677. The molecule has 0 aromatic rings. The van der Waals surface area contributed by atoms with Gasteiger partial charge >= 0.3 is 0 Å². The van der Waals surface area contributed by atoms with E-state index in [2.05, 4.69) is 10.2 Å². The fraction of sp³-hybridized carbons (Fsp3) is 1.00. The molecule has 1 aliphatic carbocycles. The molecule has 17 heavy (non-hydrogen) atoms. The van der Waals surface area contributed by atoms with Crippen LogP contribution in [0, 0.1) is 5.92 Å². The highest BCUT2D eigenvalue weighted by Crippen LogP contribution is 2.31. The third-order valence-electron chi connectivity index (χ3n) is 3.84. The molecule has 1 aliphatic heterocycles. The maximum atomic E-state index is 11.3. The molecule has 100 valence electrons. The zero-order chi connectivity index (χ0) is 12.3. The Bertz CT molecular complexity index is 338. The molecule has 4 nitrogen and oxygen atoms in total. The van der Waals surface area contributed by atoms with Crippen LogP contribution in [0.4, 0.5) is 0 Å². The van der Waals surface area contributed by atoms with E-state index >= 15 is 0 Å². The summed E-state index contributed by atoms with van der Waals surface area (Å²) in [5.41, 5.74) is 0. The van der Waals surface area contributed by atoms with Crippen LogP contribution in [-0.2, 0) is 9.84 Å². The lowest BCUT2D eigenvalue weighted by Gasteiger charge is -2.15. The fourth-order valence-electron chi connectivity index (χ4n) is 2.48. The Balaban J connectivity index is 1.57. The fourth-order valence-corrected chi connectivity index (χ4v) is 3.22. The molecule has 5 heteroatoms. The summed E-state index contributed by atoms with van der Waals surface area (Å²) in [6, 6.07) is 0.875. The average Bonchev–Trinajstić information content (AvgIpc) is 3.05. The van der Waals surface area contributed by atoms with Gasteiger partial charge in [0.05, 0.1) is 5.75 Å². The molecule has 1 saturated heterocycles. The van der Waals surface area contributed by atoms with Gasteiger partial charge in [-0.15, -0.1) is 0 Å². The van der Waals surface area contributed by atoms with Crippen molar-refractivity contribution in [2.24, 2.45) is 5.92 Å². The highest BCUT2D eigenvalue weighted by Gasteiger charge is 2.33. The maximum absolute atomic E-state index is 11.3. The van der Waals surface area contributed by atoms with Crippen LogP contribution < -0.4 is 5.32 Å². The average molecular weight is 260 g/mol. The van der Waals surface area contributed by atoms with Crippen molar-refractivity contribution in [3.8, 4) is 0 Å². The van der Waals surface area contributed by atoms with E-state index in [9.17, 15) is 8.42 Å². The van der Waals surface area contributed by atoms with Crippen LogP contribution in [0.1, 0.15) is 26.2 Å². The van der Waals surface area contributed by atoms with Crippen LogP contribution in [0.2, 0.25) is 0 Å². The summed E-state index contributed by atoms with van der Waals surface area (Å²) >= 11 is 0. The van der Waals surface area contributed by atoms with Crippen molar-refractivity contribution < 1.29 is 8.42 Å². The second-order valence-electron chi connectivity index (χ2n) is 5.32. The molecule has 1 saturated carbocycles. The molecule has 0 aromatic carbocycles. The Kier molecular flexibility index (Phi) is 4.44. The third kappa shape index (κ3) is 4.23. The zero-order valence-electron chi connectivity index (χ0n) is 10.7. The van der Waals surface area contributed by atoms with Crippen molar-refractivity contribution in [1.82, 2.24) is 10.2 Å². The van der Waals surface area contributed by atoms with Gasteiger partial charge in [-0.2, -0.15) is 0 Å². The Hall–Kier alpha value is -0.130. The van der Waals surface area contributed by atoms with Gasteiger partial charge in [-0.3, -0.25) is 0 Å². The normalized spacial score (nSPS) is 26.5. The molecule has 1 N–H and O–H groups in total. The first kappa shape index (κ1) is 13.3. The monoisotopic (exact) mass is 260 g/mol. The molecule has 2 rings (SSSR count). The maximum Gasteiger partial charge on any atom is 0.151 e. The number of likely N-dealkylation sites (tertiary alicyclic amines) is 1. The van der Waals surface area contributed by atoms with Gasteiger partial charge in [0.15, 0.2) is 9.84 Å². The number of hydrogen-bond acceptors (Lipinski definition) is 4. The molecule has 1 unspecified atom stereocenters. The van der Waals surface area contributed by atoms with Gasteiger partial charge in [0, 0.05) is 24.9 Å². The van der Waals surface area contributed by atoms with Gasteiger partial charge in [-0.05, 0) is 38.3 Å². The Morgan fingerprint density at radius 3 is 2.71 bits per heavy atom. The van der Waals surface area contributed by atoms with E-state index in [4.69, 9.17) is 0 Å². The smallest absolute Gasteiger partial charge is 0.151 e. The van der Waals surface area contributed by atoms with Gasteiger partial charge in [0.25, 0.3) is 0 Å². The van der Waals surface area contributed by atoms with Gasteiger partial charge < -0.3 is 10.2 Å². The van der Waals surface area contributed by atoms with Crippen LogP contribution in [0.25, 0.3) is 0 Å². The van der Waals surface area contributed by atoms with Gasteiger partial charge in [0.1, 0.15) is 0 Å². The second-order valence-corrected chi connectivity index (χ2v) is 7.79. The van der Waals surface area contributed by atoms with Crippen molar-refractivity contribution in [1.29, 1.82) is 0 Å². The Morgan fingerprint density at radius 1 is 1.29 bits per heavy atom. The summed E-state index contributed by atoms with van der Waals surface area (Å²) in [5, 5.41) is 3.29. The Morgan fingerprint density at radius 2 is 2.06 bits per heavy atom. The number of hydrogen-bond donors (Lipinski definition) is 1. The molecule has 0 bridgehead atoms. The predicted molar refractivity (Wildman–Crippen MR) is 69.9 cm³/mol. The van der Waals surface area contributed by atoms with Crippen LogP contribution >= 0.6 is 0 Å². The number of nitrogens with zero attached hydrogens (tertiary/aromatic N) is 1. The molecular weight excluding hydrogens is 236 g/mol. The van der Waals surface area contributed by atoms with Crippen LogP contribution in [0.5, 0.6) is 0 Å². The van der Waals surface area contributed by atoms with Gasteiger partial charge in [-0.1, -0.05) is 6.92 Å². The minimum atomic E-state index is -2.80. The summed E-state index contributed by atoms with van der Waals surface area (Å²) in [4.78, 5) is 2.59. The summed E-state index contributed by atoms with van der Waals surface area (Å²) in [5.74, 6) is 1.26. The van der Waals surface area contributed by atoms with Gasteiger partial charge in [0.2, 0.25) is 0 Å². The van der Waals surface area contributed by atoms with E-state index in [0.29, 0.717) is 6.54 Å². The lowest BCUT2D eigenvalue weighted by atomic mass is 10.1. The molecule has 0 spiro atoms. The highest BCUT2D eigenvalue weighted by molar-refractivity contribution is 7.91. The van der Waals surface area contributed by atoms with E-state index in [1.165, 1.54) is 32.4 Å². The number of nitrogens with one attached hydrogen (secondary N) is 1. The standard InChI is InChI=1S/C12H24N2O2S/c1-2-17(15,16)8-6-13-9-11-5-7-14(10-11)12-3-4-12/h11-13H,2-10H2,1H3. The molecule has 1 atom stereocenters. The van der Waals surface area contributed by atoms with E-state index in [-0.39, 0.29) is 11.5 Å². The SMILES string of the molecule is CCS(=O)(=O)CCNCC1CCN(C2CC2)C1. The molecule has 2 fully saturated rings. The van der Waals surface area contributed by atoms with Gasteiger partial charge in [-0.25, -0.2) is 8.42 Å². The molecular formula is C12H24N2O2S. The Labute approximate surface area is 105 Å². The first-order chi connectivity index (χ1) is 8.11. The highest BCUT2D eigenvalue weighted by atomic mass is 32.2. The topological polar surface area (TPSA) is 49.4 Å². The summed E-state index contributed by atoms with van der Waals surface area (Å²) in [6.45, 7) is 5.74. The van der Waals surface area contributed by atoms with Crippen molar-refractivity contribution in [2.75, 3.05) is 37.7 Å².